The third-order valence-electron chi connectivity index (χ3n) is 7.42. The maximum Gasteiger partial charge on any atom is 0.407 e. The molecule has 0 heterocycles. The number of carbonyl (C=O) groups excluding carboxylic acids is 2. The predicted octanol–water partition coefficient (Wildman–Crippen LogP) is 4.55. The van der Waals surface area contributed by atoms with Crippen LogP contribution in [0.4, 0.5) is 4.79 Å². The molecule has 7 nitrogen and oxygen atoms in total. The molecule has 180 valence electrons. The molecular formula is C27H32N2O5. The minimum absolute atomic E-state index is 0.0340. The lowest BCUT2D eigenvalue weighted by Crippen LogP contribution is -2.54. The number of carboxylic acids is 1. The largest absolute Gasteiger partial charge is 0.479 e. The molecule has 2 aliphatic rings. The summed E-state index contributed by atoms with van der Waals surface area (Å²) < 4.78 is 5.60. The van der Waals surface area contributed by atoms with Crippen LogP contribution in [-0.4, -0.2) is 53.2 Å². The minimum atomic E-state index is -1.14. The summed E-state index contributed by atoms with van der Waals surface area (Å²) in [5.74, 6) is -1.28. The van der Waals surface area contributed by atoms with Crippen LogP contribution in [0, 0.1) is 0 Å². The number of nitrogens with zero attached hydrogens (tertiary/aromatic N) is 1. The van der Waals surface area contributed by atoms with E-state index >= 15 is 0 Å². The van der Waals surface area contributed by atoms with Gasteiger partial charge >= 0.3 is 12.1 Å². The predicted molar refractivity (Wildman–Crippen MR) is 129 cm³/mol. The second-order valence-corrected chi connectivity index (χ2v) is 9.28. The smallest absolute Gasteiger partial charge is 0.407 e. The molecular weight excluding hydrogens is 432 g/mol. The van der Waals surface area contributed by atoms with Gasteiger partial charge in [0.25, 0.3) is 0 Å². The number of carbonyl (C=O) groups is 3. The number of nitrogens with one attached hydrogen (secondary N) is 1. The van der Waals surface area contributed by atoms with Gasteiger partial charge in [0.05, 0.1) is 0 Å². The highest BCUT2D eigenvalue weighted by molar-refractivity contribution is 5.87. The molecule has 0 aliphatic heterocycles. The SMILES string of the molecule is CCC(CC(=O)N(C)C1(C(=O)O)CCCC1)NC(=O)OCC1c2ccccc2-c2ccccc21. The van der Waals surface area contributed by atoms with Crippen LogP contribution in [0.25, 0.3) is 11.1 Å². The Morgan fingerprint density at radius 1 is 1.06 bits per heavy atom. The molecule has 2 aromatic rings. The fourth-order valence-electron chi connectivity index (χ4n) is 5.34. The van der Waals surface area contributed by atoms with Crippen LogP contribution in [0.3, 0.4) is 0 Å². The van der Waals surface area contributed by atoms with Gasteiger partial charge in [-0.15, -0.1) is 0 Å². The molecule has 2 aromatic carbocycles. The highest BCUT2D eigenvalue weighted by Gasteiger charge is 2.47. The van der Waals surface area contributed by atoms with Crippen molar-refractivity contribution in [3.05, 3.63) is 59.7 Å². The van der Waals surface area contributed by atoms with Crippen molar-refractivity contribution < 1.29 is 24.2 Å². The molecule has 4 rings (SSSR count). The summed E-state index contributed by atoms with van der Waals surface area (Å²) >= 11 is 0. The number of amides is 2. The minimum Gasteiger partial charge on any atom is -0.479 e. The Morgan fingerprint density at radius 3 is 2.15 bits per heavy atom. The topological polar surface area (TPSA) is 95.9 Å². The third-order valence-corrected chi connectivity index (χ3v) is 7.42. The van der Waals surface area contributed by atoms with Crippen molar-refractivity contribution >= 4 is 18.0 Å². The van der Waals surface area contributed by atoms with Crippen molar-refractivity contribution in [3.8, 4) is 11.1 Å². The summed E-state index contributed by atoms with van der Waals surface area (Å²) in [6.45, 7) is 2.08. The number of hydrogen-bond donors (Lipinski definition) is 2. The number of ether oxygens (including phenoxy) is 1. The summed E-state index contributed by atoms with van der Waals surface area (Å²) in [6.07, 6.45) is 2.49. The van der Waals surface area contributed by atoms with Crippen LogP contribution in [0.15, 0.2) is 48.5 Å². The molecule has 0 aromatic heterocycles. The zero-order chi connectivity index (χ0) is 24.3. The maximum absolute atomic E-state index is 12.9. The van der Waals surface area contributed by atoms with Gasteiger partial charge in [0.1, 0.15) is 12.1 Å². The molecule has 1 atom stereocenters. The maximum atomic E-state index is 12.9. The van der Waals surface area contributed by atoms with Gasteiger partial charge in [0, 0.05) is 25.4 Å². The molecule has 7 heteroatoms. The molecule has 2 N–H and O–H groups in total. The quantitative estimate of drug-likeness (QED) is 0.598. The molecule has 34 heavy (non-hydrogen) atoms. The van der Waals surface area contributed by atoms with E-state index in [1.807, 2.05) is 31.2 Å². The van der Waals surface area contributed by atoms with Crippen LogP contribution >= 0.6 is 0 Å². The van der Waals surface area contributed by atoms with E-state index in [1.54, 1.807) is 7.05 Å². The van der Waals surface area contributed by atoms with E-state index in [2.05, 4.69) is 29.6 Å². The Hall–Kier alpha value is -3.35. The molecule has 1 unspecified atom stereocenters. The van der Waals surface area contributed by atoms with Crippen LogP contribution in [0.5, 0.6) is 0 Å². The van der Waals surface area contributed by atoms with Gasteiger partial charge in [-0.3, -0.25) is 4.79 Å². The Kier molecular flexibility index (Phi) is 6.91. The van der Waals surface area contributed by atoms with Gasteiger partial charge in [0.2, 0.25) is 5.91 Å². The van der Waals surface area contributed by atoms with Crippen LogP contribution in [-0.2, 0) is 14.3 Å². The van der Waals surface area contributed by atoms with Gasteiger partial charge in [0.15, 0.2) is 0 Å². The average molecular weight is 465 g/mol. The van der Waals surface area contributed by atoms with Crippen LogP contribution < -0.4 is 5.32 Å². The number of rotatable bonds is 8. The van der Waals surface area contributed by atoms with E-state index < -0.39 is 23.6 Å². The molecule has 2 aliphatic carbocycles. The van der Waals surface area contributed by atoms with E-state index in [-0.39, 0.29) is 24.9 Å². The molecule has 0 saturated heterocycles. The normalized spacial score (nSPS) is 16.9. The summed E-state index contributed by atoms with van der Waals surface area (Å²) in [5.41, 5.74) is 3.45. The molecule has 0 bridgehead atoms. The van der Waals surface area contributed by atoms with E-state index in [0.29, 0.717) is 19.3 Å². The standard InChI is InChI=1S/C27H32N2O5/c1-3-18(16-24(30)29(2)27(25(31)32)14-8-9-15-27)28-26(33)34-17-23-21-12-6-4-10-19(21)20-11-5-7-13-22(20)23/h4-7,10-13,18,23H,3,8-9,14-17H2,1-2H3,(H,28,33)(H,31,32). The lowest BCUT2D eigenvalue weighted by Gasteiger charge is -2.35. The summed E-state index contributed by atoms with van der Waals surface area (Å²) in [7, 11) is 1.56. The summed E-state index contributed by atoms with van der Waals surface area (Å²) in [4.78, 5) is 38.8. The van der Waals surface area contributed by atoms with Crippen molar-refractivity contribution in [2.24, 2.45) is 0 Å². The second kappa shape index (κ2) is 9.87. The van der Waals surface area contributed by atoms with E-state index in [0.717, 1.165) is 35.1 Å². The molecule has 2 amide bonds. The van der Waals surface area contributed by atoms with Crippen LogP contribution in [0.1, 0.15) is 62.5 Å². The van der Waals surface area contributed by atoms with Crippen molar-refractivity contribution in [1.82, 2.24) is 10.2 Å². The lowest BCUT2D eigenvalue weighted by atomic mass is 9.94. The van der Waals surface area contributed by atoms with Gasteiger partial charge < -0.3 is 20.1 Å². The van der Waals surface area contributed by atoms with Gasteiger partial charge in [-0.25, -0.2) is 9.59 Å². The monoisotopic (exact) mass is 464 g/mol. The van der Waals surface area contributed by atoms with Crippen molar-refractivity contribution in [1.29, 1.82) is 0 Å². The zero-order valence-corrected chi connectivity index (χ0v) is 19.8. The zero-order valence-electron chi connectivity index (χ0n) is 19.8. The number of alkyl carbamates (subject to hydrolysis) is 1. The number of fused-ring (bicyclic) bond motifs is 3. The first-order valence-corrected chi connectivity index (χ1v) is 12.0. The molecule has 0 radical (unpaired) electrons. The average Bonchev–Trinajstić information content (AvgIpc) is 3.46. The fourth-order valence-corrected chi connectivity index (χ4v) is 5.34. The van der Waals surface area contributed by atoms with E-state index in [9.17, 15) is 19.5 Å². The van der Waals surface area contributed by atoms with Gasteiger partial charge in [-0.1, -0.05) is 68.3 Å². The Bertz CT molecular complexity index is 1030. The second-order valence-electron chi connectivity index (χ2n) is 9.28. The first-order valence-electron chi connectivity index (χ1n) is 12.0. The highest BCUT2D eigenvalue weighted by atomic mass is 16.5. The highest BCUT2D eigenvalue weighted by Crippen LogP contribution is 2.44. The lowest BCUT2D eigenvalue weighted by molar-refractivity contribution is -0.157. The van der Waals surface area contributed by atoms with Gasteiger partial charge in [-0.2, -0.15) is 0 Å². The van der Waals surface area contributed by atoms with Gasteiger partial charge in [-0.05, 0) is 41.5 Å². The first kappa shape index (κ1) is 23.8. The number of aliphatic carboxylic acids is 1. The van der Waals surface area contributed by atoms with E-state index in [4.69, 9.17) is 4.74 Å². The number of hydrogen-bond acceptors (Lipinski definition) is 4. The third kappa shape index (κ3) is 4.39. The number of benzene rings is 2. The van der Waals surface area contributed by atoms with E-state index in [1.165, 1.54) is 4.90 Å². The summed E-state index contributed by atoms with van der Waals surface area (Å²) in [5, 5.41) is 12.6. The molecule has 1 saturated carbocycles. The fraction of sp³-hybridized carbons (Fsp3) is 0.444. The molecule has 1 fully saturated rings. The summed E-state index contributed by atoms with van der Waals surface area (Å²) in [6, 6.07) is 15.8. The number of likely N-dealkylation sites (N-methyl/N-ethyl adjacent to an activating group) is 1. The number of carboxylic acid groups (broad SMARTS) is 1. The first-order chi connectivity index (χ1) is 16.4. The van der Waals surface area contributed by atoms with Crippen molar-refractivity contribution in [2.75, 3.05) is 13.7 Å². The Balaban J connectivity index is 1.36. The molecule has 0 spiro atoms. The Labute approximate surface area is 200 Å². The van der Waals surface area contributed by atoms with Crippen molar-refractivity contribution in [2.45, 2.75) is 62.9 Å². The Morgan fingerprint density at radius 2 is 1.62 bits per heavy atom. The van der Waals surface area contributed by atoms with Crippen molar-refractivity contribution in [3.63, 3.8) is 0 Å². The van der Waals surface area contributed by atoms with Crippen LogP contribution in [0.2, 0.25) is 0 Å².